The van der Waals surface area contributed by atoms with Gasteiger partial charge < -0.3 is 4.98 Å². The molecule has 1 N–H and O–H groups in total. The Hall–Kier alpha value is -3.06. The fraction of sp³-hybridized carbons (Fsp3) is 0.0833. The molecule has 0 aliphatic rings. The van der Waals surface area contributed by atoms with Crippen molar-refractivity contribution in [1.82, 2.24) is 4.98 Å². The first-order chi connectivity index (χ1) is 12.3. The predicted octanol–water partition coefficient (Wildman–Crippen LogP) is 6.32. The summed E-state index contributed by atoms with van der Waals surface area (Å²) >= 11 is 0. The number of allylic oxidation sites excluding steroid dienone is 1. The van der Waals surface area contributed by atoms with Crippen molar-refractivity contribution in [2.45, 2.75) is 12.8 Å². The number of aryl methyl sites for hydroxylation is 1. The van der Waals surface area contributed by atoms with Crippen LogP contribution in [0, 0.1) is 6.92 Å². The number of hydrogen-bond donors (Lipinski definition) is 1. The fourth-order valence-electron chi connectivity index (χ4n) is 3.35. The lowest BCUT2D eigenvalue weighted by Crippen LogP contribution is -1.96. The first-order valence-electron chi connectivity index (χ1n) is 8.67. The maximum atomic E-state index is 3.44. The van der Waals surface area contributed by atoms with Crippen LogP contribution in [0.4, 0.5) is 0 Å². The second-order valence-electron chi connectivity index (χ2n) is 6.45. The Balaban J connectivity index is 1.81. The number of H-pyrrole nitrogens is 1. The molecule has 122 valence electrons. The number of nitrogens with one attached hydrogen (secondary N) is 1. The highest BCUT2D eigenvalue weighted by Gasteiger charge is 2.15. The molecule has 0 bridgehead atoms. The Morgan fingerprint density at radius 3 is 2.32 bits per heavy atom. The number of benzene rings is 3. The molecule has 25 heavy (non-hydrogen) atoms. The Kier molecular flexibility index (Phi) is 4.22. The van der Waals surface area contributed by atoms with E-state index in [1.54, 1.807) is 0 Å². The molecule has 0 aliphatic heterocycles. The molecule has 1 aromatic heterocycles. The average Bonchev–Trinajstić information content (AvgIpc) is 3.06. The Morgan fingerprint density at radius 2 is 1.56 bits per heavy atom. The van der Waals surface area contributed by atoms with E-state index >= 15 is 0 Å². The van der Waals surface area contributed by atoms with Gasteiger partial charge in [0.05, 0.1) is 0 Å². The third-order valence-electron chi connectivity index (χ3n) is 4.64. The Bertz CT molecular complexity index is 994. The van der Waals surface area contributed by atoms with Gasteiger partial charge in [0, 0.05) is 23.0 Å². The molecule has 0 aliphatic carbocycles. The van der Waals surface area contributed by atoms with E-state index in [9.17, 15) is 0 Å². The van der Waals surface area contributed by atoms with E-state index in [1.807, 2.05) is 6.07 Å². The van der Waals surface area contributed by atoms with Gasteiger partial charge in [-0.3, -0.25) is 0 Å². The molecule has 1 heterocycles. The summed E-state index contributed by atoms with van der Waals surface area (Å²) in [5.74, 6) is 0.220. The summed E-state index contributed by atoms with van der Waals surface area (Å²) in [6, 6.07) is 27.8. The zero-order valence-corrected chi connectivity index (χ0v) is 14.3. The normalized spacial score (nSPS) is 12.7. The molecular weight excluding hydrogens is 302 g/mol. The summed E-state index contributed by atoms with van der Waals surface area (Å²) in [6.45, 7) is 2.13. The number of rotatable bonds is 4. The minimum atomic E-state index is 0.220. The maximum absolute atomic E-state index is 3.44. The van der Waals surface area contributed by atoms with Gasteiger partial charge in [-0.2, -0.15) is 0 Å². The molecule has 0 radical (unpaired) electrons. The van der Waals surface area contributed by atoms with Crippen molar-refractivity contribution in [2.75, 3.05) is 0 Å². The largest absolute Gasteiger partial charge is 0.361 e. The smallest absolute Gasteiger partial charge is 0.0459 e. The summed E-state index contributed by atoms with van der Waals surface area (Å²) < 4.78 is 0. The molecule has 0 saturated carbocycles. The van der Waals surface area contributed by atoms with Gasteiger partial charge in [-0.1, -0.05) is 84.9 Å². The van der Waals surface area contributed by atoms with Gasteiger partial charge in [-0.15, -0.1) is 0 Å². The van der Waals surface area contributed by atoms with Crippen LogP contribution in [0.3, 0.4) is 0 Å². The van der Waals surface area contributed by atoms with Gasteiger partial charge in [0.15, 0.2) is 0 Å². The van der Waals surface area contributed by atoms with Crippen LogP contribution in [0.25, 0.3) is 17.0 Å². The van der Waals surface area contributed by atoms with Crippen molar-refractivity contribution in [2.24, 2.45) is 0 Å². The lowest BCUT2D eigenvalue weighted by Gasteiger charge is -2.13. The fourth-order valence-corrected chi connectivity index (χ4v) is 3.35. The van der Waals surface area contributed by atoms with Gasteiger partial charge in [0.25, 0.3) is 0 Å². The third kappa shape index (κ3) is 3.27. The molecule has 1 nitrogen and oxygen atoms in total. The zero-order chi connectivity index (χ0) is 17.1. The SMILES string of the molecule is Cc1ccc2c(C(/C=C/c3ccccc3)c3ccccc3)c[nH]c2c1. The van der Waals surface area contributed by atoms with Crippen LogP contribution in [0.2, 0.25) is 0 Å². The number of hydrogen-bond acceptors (Lipinski definition) is 0. The topological polar surface area (TPSA) is 15.8 Å². The van der Waals surface area contributed by atoms with Gasteiger partial charge >= 0.3 is 0 Å². The van der Waals surface area contributed by atoms with E-state index < -0.39 is 0 Å². The van der Waals surface area contributed by atoms with Crippen molar-refractivity contribution >= 4 is 17.0 Å². The van der Waals surface area contributed by atoms with Crippen LogP contribution in [-0.4, -0.2) is 4.98 Å². The monoisotopic (exact) mass is 323 g/mol. The first-order valence-corrected chi connectivity index (χ1v) is 8.67. The van der Waals surface area contributed by atoms with Crippen LogP contribution in [0.15, 0.2) is 91.1 Å². The minimum Gasteiger partial charge on any atom is -0.361 e. The second-order valence-corrected chi connectivity index (χ2v) is 6.45. The zero-order valence-electron chi connectivity index (χ0n) is 14.3. The Labute approximate surface area is 148 Å². The summed E-state index contributed by atoms with van der Waals surface area (Å²) in [5, 5.41) is 1.29. The number of fused-ring (bicyclic) bond motifs is 1. The highest BCUT2D eigenvalue weighted by molar-refractivity contribution is 5.85. The lowest BCUT2D eigenvalue weighted by molar-refractivity contribution is 1.04. The molecule has 0 saturated heterocycles. The molecule has 1 unspecified atom stereocenters. The number of aromatic amines is 1. The first kappa shape index (κ1) is 15.5. The highest BCUT2D eigenvalue weighted by atomic mass is 14.7. The molecule has 0 amide bonds. The van der Waals surface area contributed by atoms with E-state index in [4.69, 9.17) is 0 Å². The molecule has 0 spiro atoms. The molecule has 3 aromatic carbocycles. The predicted molar refractivity (Wildman–Crippen MR) is 107 cm³/mol. The van der Waals surface area contributed by atoms with Gasteiger partial charge in [0.2, 0.25) is 0 Å². The van der Waals surface area contributed by atoms with Crippen LogP contribution in [0.1, 0.15) is 28.2 Å². The van der Waals surface area contributed by atoms with Gasteiger partial charge in [-0.25, -0.2) is 0 Å². The van der Waals surface area contributed by atoms with Crippen LogP contribution in [-0.2, 0) is 0 Å². The molecule has 1 atom stereocenters. The van der Waals surface area contributed by atoms with Crippen LogP contribution in [0.5, 0.6) is 0 Å². The van der Waals surface area contributed by atoms with E-state index in [0.717, 1.165) is 0 Å². The summed E-state index contributed by atoms with van der Waals surface area (Å²) in [4.78, 5) is 3.44. The molecular formula is C24H21N. The lowest BCUT2D eigenvalue weighted by atomic mass is 9.90. The molecule has 4 aromatic rings. The van der Waals surface area contributed by atoms with Crippen molar-refractivity contribution in [1.29, 1.82) is 0 Å². The second kappa shape index (κ2) is 6.82. The van der Waals surface area contributed by atoms with Crippen LogP contribution < -0.4 is 0 Å². The average molecular weight is 323 g/mol. The van der Waals surface area contributed by atoms with E-state index in [-0.39, 0.29) is 5.92 Å². The maximum Gasteiger partial charge on any atom is 0.0459 e. The van der Waals surface area contributed by atoms with E-state index in [0.29, 0.717) is 0 Å². The Morgan fingerprint density at radius 1 is 0.840 bits per heavy atom. The van der Waals surface area contributed by atoms with E-state index in [2.05, 4.69) is 103 Å². The standard InChI is InChI=1S/C24H21N/c1-18-12-14-22-23(17-25-24(22)16-18)21(20-10-6-3-7-11-20)15-13-19-8-4-2-5-9-19/h2-17,21,25H,1H3/b15-13+. The highest BCUT2D eigenvalue weighted by Crippen LogP contribution is 2.32. The molecule has 1 heteroatoms. The van der Waals surface area contributed by atoms with Crippen molar-refractivity contribution in [3.63, 3.8) is 0 Å². The van der Waals surface area contributed by atoms with Crippen molar-refractivity contribution in [3.05, 3.63) is 113 Å². The molecule has 4 rings (SSSR count). The summed E-state index contributed by atoms with van der Waals surface area (Å²) in [6.07, 6.45) is 6.66. The van der Waals surface area contributed by atoms with Gasteiger partial charge in [-0.05, 0) is 35.2 Å². The van der Waals surface area contributed by atoms with Crippen molar-refractivity contribution < 1.29 is 0 Å². The van der Waals surface area contributed by atoms with E-state index in [1.165, 1.54) is 33.2 Å². The molecule has 0 fully saturated rings. The number of aromatic nitrogens is 1. The van der Waals surface area contributed by atoms with Gasteiger partial charge in [0.1, 0.15) is 0 Å². The quantitative estimate of drug-likeness (QED) is 0.452. The third-order valence-corrected chi connectivity index (χ3v) is 4.64. The minimum absolute atomic E-state index is 0.220. The van der Waals surface area contributed by atoms with Crippen molar-refractivity contribution in [3.8, 4) is 0 Å². The summed E-state index contributed by atoms with van der Waals surface area (Å²) in [7, 11) is 0. The van der Waals surface area contributed by atoms with Crippen LogP contribution >= 0.6 is 0 Å². The summed E-state index contributed by atoms with van der Waals surface area (Å²) in [5.41, 5.74) is 6.31.